The predicted molar refractivity (Wildman–Crippen MR) is 77.4 cm³/mol. The first-order valence-corrected chi connectivity index (χ1v) is 8.39. The number of carbonyl (C=O) groups is 1. The average Bonchev–Trinajstić information content (AvgIpc) is 2.41. The number of aromatic nitrogens is 1. The van der Waals surface area contributed by atoms with Gasteiger partial charge in [-0.15, -0.1) is 0 Å². The molecule has 0 aromatic carbocycles. The van der Waals surface area contributed by atoms with E-state index in [1.807, 2.05) is 13.0 Å². The monoisotopic (exact) mass is 299 g/mol. The summed E-state index contributed by atoms with van der Waals surface area (Å²) in [4.78, 5) is 15.7. The van der Waals surface area contributed by atoms with Gasteiger partial charge in [0.2, 0.25) is 15.9 Å². The molecule has 0 atom stereocenters. The number of unbranched alkanes of at least 4 members (excludes halogenated alkanes) is 1. The lowest BCUT2D eigenvalue weighted by atomic mass is 10.3. The van der Waals surface area contributed by atoms with Crippen LogP contribution in [-0.2, 0) is 21.4 Å². The van der Waals surface area contributed by atoms with Gasteiger partial charge in [0, 0.05) is 25.5 Å². The summed E-state index contributed by atoms with van der Waals surface area (Å²) < 4.78 is 24.4. The van der Waals surface area contributed by atoms with E-state index in [-0.39, 0.29) is 12.5 Å². The Labute approximate surface area is 120 Å². The standard InChI is InChI=1S/C13H21N3O3S/c1-3-4-8-16(20(2,18)19)11-13(17)15-10-12-6-5-7-14-9-12/h5-7,9H,3-4,8,10-11H2,1-2H3,(H,15,17). The van der Waals surface area contributed by atoms with Crippen LogP contribution in [0, 0.1) is 0 Å². The minimum Gasteiger partial charge on any atom is -0.351 e. The van der Waals surface area contributed by atoms with Crippen LogP contribution < -0.4 is 5.32 Å². The molecule has 0 bridgehead atoms. The molecule has 0 spiro atoms. The van der Waals surface area contributed by atoms with Gasteiger partial charge in [-0.3, -0.25) is 9.78 Å². The topological polar surface area (TPSA) is 79.4 Å². The molecule has 1 N–H and O–H groups in total. The molecule has 1 aromatic rings. The van der Waals surface area contributed by atoms with Crippen molar-refractivity contribution >= 4 is 15.9 Å². The van der Waals surface area contributed by atoms with E-state index >= 15 is 0 Å². The van der Waals surface area contributed by atoms with Crippen molar-refractivity contribution in [2.75, 3.05) is 19.3 Å². The van der Waals surface area contributed by atoms with Crippen molar-refractivity contribution in [2.24, 2.45) is 0 Å². The highest BCUT2D eigenvalue weighted by molar-refractivity contribution is 7.88. The summed E-state index contributed by atoms with van der Waals surface area (Å²) in [6, 6.07) is 3.63. The van der Waals surface area contributed by atoms with Crippen LogP contribution in [0.15, 0.2) is 24.5 Å². The van der Waals surface area contributed by atoms with E-state index in [9.17, 15) is 13.2 Å². The van der Waals surface area contributed by atoms with Crippen LogP contribution >= 0.6 is 0 Å². The third-order valence-corrected chi connectivity index (χ3v) is 4.01. The van der Waals surface area contributed by atoms with Gasteiger partial charge in [-0.25, -0.2) is 8.42 Å². The first kappa shape index (κ1) is 16.6. The minimum absolute atomic E-state index is 0.140. The second kappa shape index (κ2) is 7.96. The van der Waals surface area contributed by atoms with Gasteiger partial charge in [-0.1, -0.05) is 19.4 Å². The van der Waals surface area contributed by atoms with Crippen molar-refractivity contribution < 1.29 is 13.2 Å². The van der Waals surface area contributed by atoms with E-state index < -0.39 is 10.0 Å². The molecule has 1 rings (SSSR count). The Morgan fingerprint density at radius 2 is 2.20 bits per heavy atom. The van der Waals surface area contributed by atoms with Crippen molar-refractivity contribution in [3.8, 4) is 0 Å². The molecule has 1 aromatic heterocycles. The lowest BCUT2D eigenvalue weighted by molar-refractivity contribution is -0.121. The lowest BCUT2D eigenvalue weighted by Gasteiger charge is -2.19. The largest absolute Gasteiger partial charge is 0.351 e. The molecule has 1 amide bonds. The molecule has 1 heterocycles. The number of hydrogen-bond donors (Lipinski definition) is 1. The third kappa shape index (κ3) is 6.12. The SMILES string of the molecule is CCCCN(CC(=O)NCc1cccnc1)S(C)(=O)=O. The van der Waals surface area contributed by atoms with E-state index in [0.717, 1.165) is 24.7 Å². The van der Waals surface area contributed by atoms with Gasteiger partial charge in [0.05, 0.1) is 12.8 Å². The first-order chi connectivity index (χ1) is 9.43. The smallest absolute Gasteiger partial charge is 0.235 e. The van der Waals surface area contributed by atoms with Crippen LogP contribution in [-0.4, -0.2) is 43.0 Å². The summed E-state index contributed by atoms with van der Waals surface area (Å²) in [6.45, 7) is 2.55. The Morgan fingerprint density at radius 1 is 1.45 bits per heavy atom. The maximum absolute atomic E-state index is 11.8. The molecule has 0 fully saturated rings. The van der Waals surface area contributed by atoms with Crippen LogP contribution in [0.3, 0.4) is 0 Å². The zero-order chi connectivity index (χ0) is 15.0. The third-order valence-electron chi connectivity index (χ3n) is 2.76. The van der Waals surface area contributed by atoms with E-state index in [1.54, 1.807) is 18.5 Å². The number of nitrogens with zero attached hydrogens (tertiary/aromatic N) is 2. The summed E-state index contributed by atoms with van der Waals surface area (Å²) in [5.41, 5.74) is 0.875. The molecule has 0 aliphatic rings. The van der Waals surface area contributed by atoms with E-state index in [2.05, 4.69) is 10.3 Å². The summed E-state index contributed by atoms with van der Waals surface area (Å²) >= 11 is 0. The summed E-state index contributed by atoms with van der Waals surface area (Å²) in [7, 11) is -3.36. The number of sulfonamides is 1. The summed E-state index contributed by atoms with van der Waals surface area (Å²) in [6.07, 6.45) is 6.05. The quantitative estimate of drug-likeness (QED) is 0.768. The van der Waals surface area contributed by atoms with Gasteiger partial charge in [-0.2, -0.15) is 4.31 Å². The second-order valence-electron chi connectivity index (χ2n) is 4.59. The second-order valence-corrected chi connectivity index (χ2v) is 6.57. The van der Waals surface area contributed by atoms with Gasteiger partial charge in [0.15, 0.2) is 0 Å². The maximum atomic E-state index is 11.8. The Balaban J connectivity index is 2.50. The van der Waals surface area contributed by atoms with Gasteiger partial charge in [0.1, 0.15) is 0 Å². The van der Waals surface area contributed by atoms with Gasteiger partial charge in [0.25, 0.3) is 0 Å². The minimum atomic E-state index is -3.36. The summed E-state index contributed by atoms with van der Waals surface area (Å²) in [5.74, 6) is -0.310. The molecule has 0 saturated heterocycles. The van der Waals surface area contributed by atoms with Crippen LogP contribution in [0.4, 0.5) is 0 Å². The zero-order valence-electron chi connectivity index (χ0n) is 11.9. The van der Waals surface area contributed by atoms with Crippen LogP contribution in [0.1, 0.15) is 25.3 Å². The number of pyridine rings is 1. The molecule has 0 unspecified atom stereocenters. The summed E-state index contributed by atoms with van der Waals surface area (Å²) in [5, 5.41) is 2.69. The van der Waals surface area contributed by atoms with Crippen molar-refractivity contribution in [2.45, 2.75) is 26.3 Å². The predicted octanol–water partition coefficient (Wildman–Crippen LogP) is 0.760. The Morgan fingerprint density at radius 3 is 2.75 bits per heavy atom. The molecule has 0 radical (unpaired) electrons. The number of nitrogens with one attached hydrogen (secondary N) is 1. The normalized spacial score (nSPS) is 11.6. The van der Waals surface area contributed by atoms with Crippen molar-refractivity contribution in [1.82, 2.24) is 14.6 Å². The van der Waals surface area contributed by atoms with E-state index in [0.29, 0.717) is 13.1 Å². The van der Waals surface area contributed by atoms with Gasteiger partial charge < -0.3 is 5.32 Å². The molecule has 0 aliphatic heterocycles. The average molecular weight is 299 g/mol. The Kier molecular flexibility index (Phi) is 6.60. The molecule has 112 valence electrons. The first-order valence-electron chi connectivity index (χ1n) is 6.54. The number of rotatable bonds is 8. The molecule has 20 heavy (non-hydrogen) atoms. The molecule has 7 heteroatoms. The van der Waals surface area contributed by atoms with E-state index in [1.165, 1.54) is 4.31 Å². The maximum Gasteiger partial charge on any atom is 0.235 e. The van der Waals surface area contributed by atoms with Crippen LogP contribution in [0.25, 0.3) is 0 Å². The van der Waals surface area contributed by atoms with E-state index in [4.69, 9.17) is 0 Å². The molecule has 0 saturated carbocycles. The Bertz CT molecular complexity index is 517. The van der Waals surface area contributed by atoms with Crippen LogP contribution in [0.5, 0.6) is 0 Å². The number of carbonyl (C=O) groups excluding carboxylic acids is 1. The molecule has 0 aliphatic carbocycles. The number of amides is 1. The van der Waals surface area contributed by atoms with Crippen molar-refractivity contribution in [3.63, 3.8) is 0 Å². The lowest BCUT2D eigenvalue weighted by Crippen LogP contribution is -2.40. The van der Waals surface area contributed by atoms with Crippen molar-refractivity contribution in [1.29, 1.82) is 0 Å². The fraction of sp³-hybridized carbons (Fsp3) is 0.538. The molecular weight excluding hydrogens is 278 g/mol. The molecule has 6 nitrogen and oxygen atoms in total. The highest BCUT2D eigenvalue weighted by Gasteiger charge is 2.19. The molecular formula is C13H21N3O3S. The van der Waals surface area contributed by atoms with Crippen LogP contribution in [0.2, 0.25) is 0 Å². The number of hydrogen-bond acceptors (Lipinski definition) is 4. The van der Waals surface area contributed by atoms with Gasteiger partial charge in [-0.05, 0) is 18.1 Å². The Hall–Kier alpha value is -1.47. The van der Waals surface area contributed by atoms with Gasteiger partial charge >= 0.3 is 0 Å². The highest BCUT2D eigenvalue weighted by Crippen LogP contribution is 2.01. The highest BCUT2D eigenvalue weighted by atomic mass is 32.2. The fourth-order valence-electron chi connectivity index (χ4n) is 1.62. The van der Waals surface area contributed by atoms with Crippen molar-refractivity contribution in [3.05, 3.63) is 30.1 Å². The zero-order valence-corrected chi connectivity index (χ0v) is 12.7. The fourth-order valence-corrected chi connectivity index (χ4v) is 2.43.